The van der Waals surface area contributed by atoms with Crippen LogP contribution < -0.4 is 11.3 Å². The molecule has 0 amide bonds. The maximum Gasteiger partial charge on any atom is 0.0238 e. The first-order chi connectivity index (χ1) is 6.72. The van der Waals surface area contributed by atoms with Crippen LogP contribution in [0.3, 0.4) is 0 Å². The lowest BCUT2D eigenvalue weighted by molar-refractivity contribution is -0.0703. The minimum absolute atomic E-state index is 0.524. The normalized spacial score (nSPS) is 52.3. The fraction of sp³-hybridized carbons (Fsp3) is 1.00. The van der Waals surface area contributed by atoms with Gasteiger partial charge in [0.15, 0.2) is 0 Å². The minimum Gasteiger partial charge on any atom is -0.271 e. The maximum atomic E-state index is 5.64. The Kier molecular flexibility index (Phi) is 1.94. The number of hydrazine groups is 1. The average molecular weight is 194 g/mol. The summed E-state index contributed by atoms with van der Waals surface area (Å²) in [6, 6.07) is 0.524. The average Bonchev–Trinajstić information content (AvgIpc) is 2.14. The lowest BCUT2D eigenvalue weighted by atomic mass is 9.48. The van der Waals surface area contributed by atoms with Crippen molar-refractivity contribution in [2.45, 2.75) is 51.5 Å². The molecule has 1 atom stereocenters. The fourth-order valence-electron chi connectivity index (χ4n) is 4.88. The van der Waals surface area contributed by atoms with Gasteiger partial charge < -0.3 is 0 Å². The summed E-state index contributed by atoms with van der Waals surface area (Å²) in [4.78, 5) is 0. The van der Waals surface area contributed by atoms with Crippen molar-refractivity contribution in [1.82, 2.24) is 5.43 Å². The first kappa shape index (κ1) is 9.17. The molecule has 4 saturated carbocycles. The molecule has 4 rings (SSSR count). The molecule has 0 aliphatic heterocycles. The van der Waals surface area contributed by atoms with Gasteiger partial charge in [0.2, 0.25) is 0 Å². The molecule has 0 aromatic rings. The van der Waals surface area contributed by atoms with Crippen LogP contribution in [0.4, 0.5) is 0 Å². The van der Waals surface area contributed by atoms with Crippen LogP contribution >= 0.6 is 0 Å². The van der Waals surface area contributed by atoms with Gasteiger partial charge in [-0.3, -0.25) is 11.3 Å². The van der Waals surface area contributed by atoms with Crippen molar-refractivity contribution in [3.63, 3.8) is 0 Å². The lowest BCUT2D eigenvalue weighted by Crippen LogP contribution is -2.56. The van der Waals surface area contributed by atoms with E-state index in [1.54, 1.807) is 0 Å². The maximum absolute atomic E-state index is 5.64. The highest BCUT2D eigenvalue weighted by molar-refractivity contribution is 5.04. The van der Waals surface area contributed by atoms with Crippen LogP contribution in [0.1, 0.15) is 45.4 Å². The molecule has 4 aliphatic rings. The number of hydrogen-bond acceptors (Lipinski definition) is 2. The van der Waals surface area contributed by atoms with Gasteiger partial charge >= 0.3 is 0 Å². The first-order valence-corrected chi connectivity index (χ1v) is 6.18. The summed E-state index contributed by atoms with van der Waals surface area (Å²) in [5.41, 5.74) is 3.59. The number of rotatable bonds is 2. The van der Waals surface area contributed by atoms with E-state index in [-0.39, 0.29) is 0 Å². The van der Waals surface area contributed by atoms with Gasteiger partial charge in [0.05, 0.1) is 0 Å². The van der Waals surface area contributed by atoms with E-state index in [1.165, 1.54) is 38.5 Å². The number of hydrogen-bond donors (Lipinski definition) is 2. The summed E-state index contributed by atoms with van der Waals surface area (Å²) < 4.78 is 0. The highest BCUT2D eigenvalue weighted by Crippen LogP contribution is 2.61. The first-order valence-electron chi connectivity index (χ1n) is 6.18. The molecule has 0 spiro atoms. The van der Waals surface area contributed by atoms with Crippen molar-refractivity contribution in [2.24, 2.45) is 29.0 Å². The van der Waals surface area contributed by atoms with E-state index in [0.29, 0.717) is 11.5 Å². The zero-order valence-electron chi connectivity index (χ0n) is 9.13. The van der Waals surface area contributed by atoms with Gasteiger partial charge in [-0.15, -0.1) is 0 Å². The van der Waals surface area contributed by atoms with Crippen molar-refractivity contribution in [3.8, 4) is 0 Å². The molecule has 0 aromatic heterocycles. The van der Waals surface area contributed by atoms with Crippen LogP contribution in [-0.2, 0) is 0 Å². The Balaban J connectivity index is 1.87. The van der Waals surface area contributed by atoms with E-state index in [4.69, 9.17) is 5.84 Å². The Bertz CT molecular complexity index is 201. The van der Waals surface area contributed by atoms with E-state index in [2.05, 4.69) is 12.3 Å². The van der Waals surface area contributed by atoms with E-state index >= 15 is 0 Å². The second kappa shape index (κ2) is 2.96. The summed E-state index contributed by atoms with van der Waals surface area (Å²) in [7, 11) is 0. The SMILES string of the molecule is C[C@@H](NN)C12CC3CC(CC(C3)C1)C2. The molecule has 0 radical (unpaired) electrons. The zero-order chi connectivity index (χ0) is 9.76. The summed E-state index contributed by atoms with van der Waals surface area (Å²) >= 11 is 0. The predicted molar refractivity (Wildman–Crippen MR) is 57.4 cm³/mol. The molecule has 80 valence electrons. The summed E-state index contributed by atoms with van der Waals surface area (Å²) in [5, 5.41) is 0. The molecule has 4 aliphatic carbocycles. The highest BCUT2D eigenvalue weighted by atomic mass is 15.2. The monoisotopic (exact) mass is 194 g/mol. The van der Waals surface area contributed by atoms with Gasteiger partial charge in [0.1, 0.15) is 0 Å². The van der Waals surface area contributed by atoms with Gasteiger partial charge in [-0.2, -0.15) is 0 Å². The Morgan fingerprint density at radius 1 is 1.07 bits per heavy atom. The van der Waals surface area contributed by atoms with Crippen LogP contribution in [0.5, 0.6) is 0 Å². The molecule has 0 heterocycles. The molecule has 4 bridgehead atoms. The van der Waals surface area contributed by atoms with E-state index in [9.17, 15) is 0 Å². The predicted octanol–water partition coefficient (Wildman–Crippen LogP) is 2.05. The fourth-order valence-corrected chi connectivity index (χ4v) is 4.88. The van der Waals surface area contributed by atoms with Crippen LogP contribution in [0.2, 0.25) is 0 Å². The van der Waals surface area contributed by atoms with E-state index < -0.39 is 0 Å². The third-order valence-electron chi connectivity index (χ3n) is 5.25. The summed E-state index contributed by atoms with van der Waals surface area (Å²) in [6.45, 7) is 2.28. The molecule has 2 nitrogen and oxygen atoms in total. The number of nitrogens with one attached hydrogen (secondary N) is 1. The second-order valence-corrected chi connectivity index (χ2v) is 6.17. The van der Waals surface area contributed by atoms with Gasteiger partial charge in [-0.05, 0) is 68.6 Å². The van der Waals surface area contributed by atoms with Gasteiger partial charge in [0.25, 0.3) is 0 Å². The Morgan fingerprint density at radius 2 is 1.50 bits per heavy atom. The van der Waals surface area contributed by atoms with Crippen molar-refractivity contribution in [2.75, 3.05) is 0 Å². The molecule has 0 aromatic carbocycles. The second-order valence-electron chi connectivity index (χ2n) is 6.17. The van der Waals surface area contributed by atoms with Crippen LogP contribution in [-0.4, -0.2) is 6.04 Å². The van der Waals surface area contributed by atoms with Gasteiger partial charge in [0, 0.05) is 6.04 Å². The van der Waals surface area contributed by atoms with E-state index in [1.807, 2.05) is 0 Å². The topological polar surface area (TPSA) is 38.0 Å². The molecular weight excluding hydrogens is 172 g/mol. The van der Waals surface area contributed by atoms with Crippen molar-refractivity contribution in [3.05, 3.63) is 0 Å². The number of nitrogens with two attached hydrogens (primary N) is 1. The molecule has 0 unspecified atom stereocenters. The molecule has 3 N–H and O–H groups in total. The van der Waals surface area contributed by atoms with Crippen molar-refractivity contribution < 1.29 is 0 Å². The lowest BCUT2D eigenvalue weighted by Gasteiger charge is -2.58. The molecular formula is C12H22N2. The van der Waals surface area contributed by atoms with E-state index in [0.717, 1.165) is 17.8 Å². The van der Waals surface area contributed by atoms with Gasteiger partial charge in [-0.1, -0.05) is 0 Å². The summed E-state index contributed by atoms with van der Waals surface area (Å²) in [5.74, 6) is 8.76. The standard InChI is InChI=1S/C12H22N2/c1-8(14-13)12-5-9-2-10(6-12)4-11(3-9)7-12/h8-11,14H,2-7,13H2,1H3/t8-,9?,10?,11?,12?/m1/s1. The molecule has 0 saturated heterocycles. The third-order valence-corrected chi connectivity index (χ3v) is 5.25. The Morgan fingerprint density at radius 3 is 1.86 bits per heavy atom. The smallest absolute Gasteiger partial charge is 0.0238 e. The Labute approximate surface area is 86.6 Å². The van der Waals surface area contributed by atoms with Crippen LogP contribution in [0, 0.1) is 23.2 Å². The van der Waals surface area contributed by atoms with Crippen molar-refractivity contribution >= 4 is 0 Å². The third kappa shape index (κ3) is 1.17. The quantitative estimate of drug-likeness (QED) is 0.521. The Hall–Kier alpha value is -0.0800. The minimum atomic E-state index is 0.524. The van der Waals surface area contributed by atoms with Gasteiger partial charge in [-0.25, -0.2) is 0 Å². The van der Waals surface area contributed by atoms with Crippen LogP contribution in [0.15, 0.2) is 0 Å². The zero-order valence-corrected chi connectivity index (χ0v) is 9.13. The molecule has 4 fully saturated rings. The highest BCUT2D eigenvalue weighted by Gasteiger charge is 2.52. The molecule has 14 heavy (non-hydrogen) atoms. The largest absolute Gasteiger partial charge is 0.271 e. The van der Waals surface area contributed by atoms with Crippen molar-refractivity contribution in [1.29, 1.82) is 0 Å². The van der Waals surface area contributed by atoms with Crippen LogP contribution in [0.25, 0.3) is 0 Å². The summed E-state index contributed by atoms with van der Waals surface area (Å²) in [6.07, 6.45) is 8.92. The molecule has 2 heteroatoms.